The van der Waals surface area contributed by atoms with Gasteiger partial charge >= 0.3 is 12.1 Å². The van der Waals surface area contributed by atoms with Crippen LogP contribution in [0.1, 0.15) is 40.0 Å². The molecule has 102 valence electrons. The zero-order valence-electron chi connectivity index (χ0n) is 11.2. The molecule has 18 heavy (non-hydrogen) atoms. The predicted molar refractivity (Wildman–Crippen MR) is 65.2 cm³/mol. The first-order valence-electron chi connectivity index (χ1n) is 6.52. The van der Waals surface area contributed by atoms with E-state index in [1.807, 2.05) is 20.8 Å². The first-order chi connectivity index (χ1) is 8.29. The van der Waals surface area contributed by atoms with E-state index in [2.05, 4.69) is 0 Å². The molecule has 5 heteroatoms. The molecule has 0 radical (unpaired) electrons. The van der Waals surface area contributed by atoms with Crippen LogP contribution in [0.15, 0.2) is 0 Å². The molecular weight excluding hydrogens is 234 g/mol. The number of aliphatic carboxylic acids is 1. The van der Waals surface area contributed by atoms with Crippen LogP contribution in [0.4, 0.5) is 4.79 Å². The van der Waals surface area contributed by atoms with Crippen molar-refractivity contribution >= 4 is 12.1 Å². The van der Waals surface area contributed by atoms with E-state index in [1.165, 1.54) is 0 Å². The molecule has 3 atom stereocenters. The van der Waals surface area contributed by atoms with Crippen molar-refractivity contribution in [3.8, 4) is 0 Å². The molecule has 1 heterocycles. The van der Waals surface area contributed by atoms with Crippen molar-refractivity contribution in [2.24, 2.45) is 11.8 Å². The molecule has 0 spiro atoms. The van der Waals surface area contributed by atoms with Gasteiger partial charge < -0.3 is 14.7 Å². The second kappa shape index (κ2) is 4.44. The van der Waals surface area contributed by atoms with Crippen LogP contribution in [0.5, 0.6) is 0 Å². The van der Waals surface area contributed by atoms with E-state index < -0.39 is 11.6 Å². The summed E-state index contributed by atoms with van der Waals surface area (Å²) in [5.74, 6) is -0.883. The number of hydrogen-bond donors (Lipinski definition) is 1. The zero-order chi connectivity index (χ0) is 13.5. The molecule has 5 nitrogen and oxygen atoms in total. The fraction of sp³-hybridized carbons (Fsp3) is 0.846. The van der Waals surface area contributed by atoms with Gasteiger partial charge in [-0.3, -0.25) is 4.79 Å². The minimum Gasteiger partial charge on any atom is -0.481 e. The summed E-state index contributed by atoms with van der Waals surface area (Å²) in [4.78, 5) is 24.7. The monoisotopic (exact) mass is 255 g/mol. The molecule has 3 unspecified atom stereocenters. The maximum atomic E-state index is 12.0. The van der Waals surface area contributed by atoms with Crippen molar-refractivity contribution in [3.05, 3.63) is 0 Å². The third-order valence-corrected chi connectivity index (χ3v) is 3.58. The molecule has 1 aliphatic heterocycles. The van der Waals surface area contributed by atoms with Crippen LogP contribution >= 0.6 is 0 Å². The Hall–Kier alpha value is -1.26. The Morgan fingerprint density at radius 1 is 1.33 bits per heavy atom. The molecule has 0 bridgehead atoms. The summed E-state index contributed by atoms with van der Waals surface area (Å²) in [6.07, 6.45) is 2.22. The van der Waals surface area contributed by atoms with Crippen molar-refractivity contribution in [2.75, 3.05) is 6.54 Å². The average Bonchev–Trinajstić information content (AvgIpc) is 2.86. The first-order valence-corrected chi connectivity index (χ1v) is 6.52. The van der Waals surface area contributed by atoms with E-state index in [0.717, 1.165) is 12.8 Å². The van der Waals surface area contributed by atoms with E-state index in [1.54, 1.807) is 4.90 Å². The average molecular weight is 255 g/mol. The van der Waals surface area contributed by atoms with Gasteiger partial charge in [0.15, 0.2) is 0 Å². The molecule has 2 aliphatic rings. The van der Waals surface area contributed by atoms with Crippen LogP contribution in [0.2, 0.25) is 0 Å². The normalized spacial score (nSPS) is 31.3. The Bertz CT molecular complexity index is 360. The third-order valence-electron chi connectivity index (χ3n) is 3.58. The molecule has 2 fully saturated rings. The number of carboxylic acid groups (broad SMARTS) is 1. The summed E-state index contributed by atoms with van der Waals surface area (Å²) in [5.41, 5.74) is -0.500. The Morgan fingerprint density at radius 3 is 2.50 bits per heavy atom. The number of nitrogens with zero attached hydrogens (tertiary/aromatic N) is 1. The lowest BCUT2D eigenvalue weighted by atomic mass is 10.1. The fourth-order valence-electron chi connectivity index (χ4n) is 2.71. The lowest BCUT2D eigenvalue weighted by Crippen LogP contribution is -2.41. The largest absolute Gasteiger partial charge is 0.481 e. The van der Waals surface area contributed by atoms with Gasteiger partial charge in [0.25, 0.3) is 0 Å². The van der Waals surface area contributed by atoms with Gasteiger partial charge in [-0.15, -0.1) is 0 Å². The number of carboxylic acids is 1. The van der Waals surface area contributed by atoms with E-state index in [9.17, 15) is 9.59 Å². The molecule has 1 aliphatic carbocycles. The molecule has 1 saturated heterocycles. The topological polar surface area (TPSA) is 66.8 Å². The first kappa shape index (κ1) is 13.2. The Labute approximate surface area is 107 Å². The van der Waals surface area contributed by atoms with Crippen LogP contribution in [0.25, 0.3) is 0 Å². The highest BCUT2D eigenvalue weighted by Crippen LogP contribution is 2.46. The highest BCUT2D eigenvalue weighted by Gasteiger charge is 2.52. The molecule has 0 aromatic rings. The molecule has 0 aromatic carbocycles. The van der Waals surface area contributed by atoms with E-state index >= 15 is 0 Å². The van der Waals surface area contributed by atoms with Gasteiger partial charge in [0.1, 0.15) is 5.60 Å². The highest BCUT2D eigenvalue weighted by molar-refractivity contribution is 5.74. The van der Waals surface area contributed by atoms with Gasteiger partial charge in [0, 0.05) is 12.6 Å². The van der Waals surface area contributed by atoms with Crippen molar-refractivity contribution in [1.82, 2.24) is 4.90 Å². The number of carbonyl (C=O) groups excluding carboxylic acids is 1. The second-order valence-electron chi connectivity index (χ2n) is 6.23. The number of amides is 1. The summed E-state index contributed by atoms with van der Waals surface area (Å²) in [7, 11) is 0. The van der Waals surface area contributed by atoms with Gasteiger partial charge in [-0.2, -0.15) is 0 Å². The van der Waals surface area contributed by atoms with E-state index in [0.29, 0.717) is 13.0 Å². The maximum Gasteiger partial charge on any atom is 0.410 e. The van der Waals surface area contributed by atoms with Crippen LogP contribution in [0, 0.1) is 11.8 Å². The fourth-order valence-corrected chi connectivity index (χ4v) is 2.71. The zero-order valence-corrected chi connectivity index (χ0v) is 11.2. The maximum absolute atomic E-state index is 12.0. The standard InChI is InChI=1S/C13H21NO4/c1-13(2,3)18-12(17)14-6-4-5-10(14)8-7-9(8)11(15)16/h8-10H,4-7H2,1-3H3,(H,15,16). The van der Waals surface area contributed by atoms with Gasteiger partial charge in [0.2, 0.25) is 0 Å². The molecule has 2 rings (SSSR count). The van der Waals surface area contributed by atoms with Crippen molar-refractivity contribution in [2.45, 2.75) is 51.7 Å². The number of carbonyl (C=O) groups is 2. The van der Waals surface area contributed by atoms with Crippen molar-refractivity contribution < 1.29 is 19.4 Å². The molecule has 1 saturated carbocycles. The molecular formula is C13H21NO4. The third kappa shape index (κ3) is 2.76. The molecule has 1 N–H and O–H groups in total. The van der Waals surface area contributed by atoms with Crippen LogP contribution in [-0.2, 0) is 9.53 Å². The minimum absolute atomic E-state index is 0.0564. The molecule has 1 amide bonds. The Balaban J connectivity index is 1.96. The van der Waals surface area contributed by atoms with Gasteiger partial charge in [-0.25, -0.2) is 4.79 Å². The number of likely N-dealkylation sites (tertiary alicyclic amines) is 1. The summed E-state index contributed by atoms with van der Waals surface area (Å²) in [5, 5.41) is 8.96. The predicted octanol–water partition coefficient (Wildman–Crippen LogP) is 2.11. The lowest BCUT2D eigenvalue weighted by molar-refractivity contribution is -0.139. The molecule has 0 aromatic heterocycles. The van der Waals surface area contributed by atoms with Crippen LogP contribution in [0.3, 0.4) is 0 Å². The smallest absolute Gasteiger partial charge is 0.410 e. The summed E-state index contributed by atoms with van der Waals surface area (Å²) < 4.78 is 5.37. The number of hydrogen-bond acceptors (Lipinski definition) is 3. The number of rotatable bonds is 2. The summed E-state index contributed by atoms with van der Waals surface area (Å²) >= 11 is 0. The Morgan fingerprint density at radius 2 is 2.00 bits per heavy atom. The van der Waals surface area contributed by atoms with Gasteiger partial charge in [-0.1, -0.05) is 0 Å². The Kier molecular flexibility index (Phi) is 3.25. The van der Waals surface area contributed by atoms with Gasteiger partial charge in [0.05, 0.1) is 5.92 Å². The van der Waals surface area contributed by atoms with Gasteiger partial charge in [-0.05, 0) is 46.0 Å². The second-order valence-corrected chi connectivity index (χ2v) is 6.23. The van der Waals surface area contributed by atoms with Crippen molar-refractivity contribution in [1.29, 1.82) is 0 Å². The van der Waals surface area contributed by atoms with E-state index in [4.69, 9.17) is 9.84 Å². The summed E-state index contributed by atoms with van der Waals surface area (Å²) in [6, 6.07) is 0.0564. The van der Waals surface area contributed by atoms with E-state index in [-0.39, 0.29) is 24.0 Å². The highest BCUT2D eigenvalue weighted by atomic mass is 16.6. The quantitative estimate of drug-likeness (QED) is 0.820. The van der Waals surface area contributed by atoms with Crippen molar-refractivity contribution in [3.63, 3.8) is 0 Å². The van der Waals surface area contributed by atoms with Crippen LogP contribution in [-0.4, -0.2) is 40.3 Å². The summed E-state index contributed by atoms with van der Waals surface area (Å²) in [6.45, 7) is 6.20. The lowest BCUT2D eigenvalue weighted by Gasteiger charge is -2.28. The van der Waals surface area contributed by atoms with Crippen LogP contribution < -0.4 is 0 Å². The number of ether oxygens (including phenoxy) is 1. The minimum atomic E-state index is -0.740. The SMILES string of the molecule is CC(C)(C)OC(=O)N1CCCC1C1CC1C(=O)O.